The molecule has 2 heterocycles. The summed E-state index contributed by atoms with van der Waals surface area (Å²) in [5.74, 6) is 1.36. The summed E-state index contributed by atoms with van der Waals surface area (Å²) < 4.78 is 5.27. The van der Waals surface area contributed by atoms with Crippen molar-refractivity contribution in [1.29, 1.82) is 0 Å². The zero-order valence-electron chi connectivity index (χ0n) is 10.5. The van der Waals surface area contributed by atoms with E-state index in [4.69, 9.17) is 10.5 Å². The van der Waals surface area contributed by atoms with Crippen LogP contribution in [0.25, 0.3) is 0 Å². The molecule has 18 heavy (non-hydrogen) atoms. The quantitative estimate of drug-likeness (QED) is 0.864. The number of nitrogen functional groups attached to an aromatic ring is 1. The summed E-state index contributed by atoms with van der Waals surface area (Å²) in [6, 6.07) is 7.37. The molecule has 0 fully saturated rings. The summed E-state index contributed by atoms with van der Waals surface area (Å²) in [6.07, 6.45) is 1.71. The predicted molar refractivity (Wildman–Crippen MR) is 72.1 cm³/mol. The van der Waals surface area contributed by atoms with Gasteiger partial charge in [-0.25, -0.2) is 9.97 Å². The molecule has 0 aliphatic rings. The molecule has 5 nitrogen and oxygen atoms in total. The van der Waals surface area contributed by atoms with Crippen LogP contribution < -0.4 is 15.8 Å². The molecule has 2 aromatic rings. The lowest BCUT2D eigenvalue weighted by atomic mass is 10.3. The second-order valence-electron chi connectivity index (χ2n) is 3.81. The van der Waals surface area contributed by atoms with Crippen LogP contribution in [0.2, 0.25) is 0 Å². The molecule has 0 aromatic carbocycles. The van der Waals surface area contributed by atoms with Gasteiger partial charge in [-0.15, -0.1) is 0 Å². The van der Waals surface area contributed by atoms with Crippen molar-refractivity contribution in [2.24, 2.45) is 0 Å². The largest absolute Gasteiger partial charge is 0.478 e. The first kappa shape index (κ1) is 12.2. The molecule has 0 unspecified atom stereocenters. The van der Waals surface area contributed by atoms with E-state index in [0.717, 1.165) is 17.2 Å². The van der Waals surface area contributed by atoms with E-state index in [0.29, 0.717) is 18.2 Å². The SMILES string of the molecule is CCOc1ccc(Nc2ccc(N)c(C)n2)cn1. The number of nitrogens with two attached hydrogens (primary N) is 1. The second-order valence-corrected chi connectivity index (χ2v) is 3.81. The maximum absolute atomic E-state index is 5.72. The molecular formula is C13H16N4O. The van der Waals surface area contributed by atoms with E-state index in [1.165, 1.54) is 0 Å². The number of hydrogen-bond donors (Lipinski definition) is 2. The zero-order valence-corrected chi connectivity index (χ0v) is 10.5. The third-order valence-electron chi connectivity index (χ3n) is 2.43. The Morgan fingerprint density at radius 2 is 2.11 bits per heavy atom. The topological polar surface area (TPSA) is 73.1 Å². The van der Waals surface area contributed by atoms with Gasteiger partial charge in [0.05, 0.1) is 29.9 Å². The van der Waals surface area contributed by atoms with Crippen molar-refractivity contribution in [2.75, 3.05) is 17.7 Å². The number of nitrogens with zero attached hydrogens (tertiary/aromatic N) is 2. The summed E-state index contributed by atoms with van der Waals surface area (Å²) in [5, 5.41) is 3.16. The average molecular weight is 244 g/mol. The summed E-state index contributed by atoms with van der Waals surface area (Å²) >= 11 is 0. The fourth-order valence-corrected chi connectivity index (χ4v) is 1.48. The van der Waals surface area contributed by atoms with Gasteiger partial charge in [0.2, 0.25) is 5.88 Å². The zero-order chi connectivity index (χ0) is 13.0. The van der Waals surface area contributed by atoms with Crippen LogP contribution in [0.15, 0.2) is 30.5 Å². The van der Waals surface area contributed by atoms with E-state index in [1.807, 2.05) is 38.1 Å². The Hall–Kier alpha value is -2.30. The van der Waals surface area contributed by atoms with Gasteiger partial charge in [-0.05, 0) is 32.0 Å². The number of aryl methyl sites for hydroxylation is 1. The summed E-state index contributed by atoms with van der Waals surface area (Å²) in [4.78, 5) is 8.50. The number of anilines is 3. The maximum atomic E-state index is 5.72. The van der Waals surface area contributed by atoms with Crippen molar-refractivity contribution < 1.29 is 4.74 Å². The van der Waals surface area contributed by atoms with E-state index < -0.39 is 0 Å². The Morgan fingerprint density at radius 3 is 2.72 bits per heavy atom. The van der Waals surface area contributed by atoms with Gasteiger partial charge in [0, 0.05) is 6.07 Å². The lowest BCUT2D eigenvalue weighted by molar-refractivity contribution is 0.327. The van der Waals surface area contributed by atoms with Gasteiger partial charge in [-0.3, -0.25) is 0 Å². The molecule has 0 saturated heterocycles. The highest BCUT2D eigenvalue weighted by atomic mass is 16.5. The van der Waals surface area contributed by atoms with Crippen LogP contribution in [-0.2, 0) is 0 Å². The third-order valence-corrected chi connectivity index (χ3v) is 2.43. The molecule has 2 aromatic heterocycles. The Kier molecular flexibility index (Phi) is 3.62. The molecule has 94 valence electrons. The van der Waals surface area contributed by atoms with Crippen LogP contribution in [0.5, 0.6) is 5.88 Å². The van der Waals surface area contributed by atoms with Crippen LogP contribution >= 0.6 is 0 Å². The highest BCUT2D eigenvalue weighted by Gasteiger charge is 2.00. The molecule has 5 heteroatoms. The van der Waals surface area contributed by atoms with E-state index in [-0.39, 0.29) is 0 Å². The van der Waals surface area contributed by atoms with E-state index in [1.54, 1.807) is 6.20 Å². The van der Waals surface area contributed by atoms with Crippen molar-refractivity contribution in [3.8, 4) is 5.88 Å². The lowest BCUT2D eigenvalue weighted by Crippen LogP contribution is -1.99. The number of ether oxygens (including phenoxy) is 1. The standard InChI is InChI=1S/C13H16N4O/c1-3-18-13-7-4-10(8-15-13)17-12-6-5-11(14)9(2)16-12/h4-8H,3,14H2,1-2H3,(H,16,17). The monoisotopic (exact) mass is 244 g/mol. The number of rotatable bonds is 4. The van der Waals surface area contributed by atoms with Crippen LogP contribution in [0.3, 0.4) is 0 Å². The van der Waals surface area contributed by atoms with Crippen molar-refractivity contribution in [3.05, 3.63) is 36.2 Å². The summed E-state index contributed by atoms with van der Waals surface area (Å²) in [5.41, 5.74) is 8.06. The fraction of sp³-hybridized carbons (Fsp3) is 0.231. The van der Waals surface area contributed by atoms with Gasteiger partial charge in [-0.2, -0.15) is 0 Å². The van der Waals surface area contributed by atoms with Gasteiger partial charge in [0.25, 0.3) is 0 Å². The third kappa shape index (κ3) is 2.88. The Morgan fingerprint density at radius 1 is 1.28 bits per heavy atom. The molecule has 0 amide bonds. The summed E-state index contributed by atoms with van der Waals surface area (Å²) in [7, 11) is 0. The van der Waals surface area contributed by atoms with Crippen molar-refractivity contribution in [2.45, 2.75) is 13.8 Å². The molecule has 0 saturated carbocycles. The Labute approximate surface area is 106 Å². The second kappa shape index (κ2) is 5.35. The molecule has 3 N–H and O–H groups in total. The van der Waals surface area contributed by atoms with Crippen LogP contribution in [0.4, 0.5) is 17.2 Å². The Balaban J connectivity index is 2.10. The minimum atomic E-state index is 0.610. The van der Waals surface area contributed by atoms with Gasteiger partial charge < -0.3 is 15.8 Å². The predicted octanol–water partition coefficient (Wildman–Crippen LogP) is 2.51. The fourth-order valence-electron chi connectivity index (χ4n) is 1.48. The minimum absolute atomic E-state index is 0.610. The van der Waals surface area contributed by atoms with Crippen LogP contribution in [0.1, 0.15) is 12.6 Å². The summed E-state index contributed by atoms with van der Waals surface area (Å²) in [6.45, 7) is 4.41. The minimum Gasteiger partial charge on any atom is -0.478 e. The first-order valence-corrected chi connectivity index (χ1v) is 5.78. The number of hydrogen-bond acceptors (Lipinski definition) is 5. The van der Waals surface area contributed by atoms with Crippen molar-refractivity contribution in [3.63, 3.8) is 0 Å². The molecule has 0 spiro atoms. The average Bonchev–Trinajstić information content (AvgIpc) is 2.37. The first-order valence-electron chi connectivity index (χ1n) is 5.78. The van der Waals surface area contributed by atoms with Gasteiger partial charge >= 0.3 is 0 Å². The molecule has 0 aliphatic heterocycles. The molecule has 2 rings (SSSR count). The number of nitrogens with one attached hydrogen (secondary N) is 1. The maximum Gasteiger partial charge on any atom is 0.213 e. The van der Waals surface area contributed by atoms with E-state index in [2.05, 4.69) is 15.3 Å². The molecule has 0 radical (unpaired) electrons. The molecule has 0 aliphatic carbocycles. The van der Waals surface area contributed by atoms with Crippen LogP contribution in [-0.4, -0.2) is 16.6 Å². The van der Waals surface area contributed by atoms with E-state index >= 15 is 0 Å². The van der Waals surface area contributed by atoms with Crippen LogP contribution in [0, 0.1) is 6.92 Å². The number of pyridine rings is 2. The van der Waals surface area contributed by atoms with Gasteiger partial charge in [-0.1, -0.05) is 0 Å². The van der Waals surface area contributed by atoms with E-state index in [9.17, 15) is 0 Å². The first-order chi connectivity index (χ1) is 8.69. The van der Waals surface area contributed by atoms with Crippen molar-refractivity contribution >= 4 is 17.2 Å². The lowest BCUT2D eigenvalue weighted by Gasteiger charge is -2.08. The Bertz CT molecular complexity index is 525. The smallest absolute Gasteiger partial charge is 0.213 e. The van der Waals surface area contributed by atoms with Gasteiger partial charge in [0.1, 0.15) is 5.82 Å². The molecule has 0 atom stereocenters. The molecular weight excluding hydrogens is 228 g/mol. The molecule has 0 bridgehead atoms. The normalized spacial score (nSPS) is 10.1. The highest BCUT2D eigenvalue weighted by Crippen LogP contribution is 2.18. The van der Waals surface area contributed by atoms with Gasteiger partial charge in [0.15, 0.2) is 0 Å². The highest BCUT2D eigenvalue weighted by molar-refractivity contribution is 5.58. The number of aromatic nitrogens is 2. The van der Waals surface area contributed by atoms with Crippen molar-refractivity contribution in [1.82, 2.24) is 9.97 Å².